The quantitative estimate of drug-likeness (QED) is 0.472. The number of aliphatic hydroxyl groups is 1. The molecular formula is C17H28BrNO7. The summed E-state index contributed by atoms with van der Waals surface area (Å²) in [7, 11) is 2.13. The second-order valence-corrected chi connectivity index (χ2v) is 6.54. The zero-order valence-electron chi connectivity index (χ0n) is 14.5. The third-order valence-electron chi connectivity index (χ3n) is 5.33. The molecule has 0 aromatic heterocycles. The van der Waals surface area contributed by atoms with E-state index >= 15 is 0 Å². The number of benzene rings is 1. The van der Waals surface area contributed by atoms with Gasteiger partial charge in [-0.1, -0.05) is 30.3 Å². The molecule has 26 heavy (non-hydrogen) atoms. The third kappa shape index (κ3) is 4.25. The Hall–Kier alpha value is -1.07. The van der Waals surface area contributed by atoms with Crippen LogP contribution in [-0.2, 0) is 14.3 Å². The Kier molecular flexibility index (Phi) is 9.35. The molecule has 1 aromatic rings. The molecular weight excluding hydrogens is 410 g/mol. The van der Waals surface area contributed by atoms with Gasteiger partial charge in [0.1, 0.15) is 24.2 Å². The lowest BCUT2D eigenvalue weighted by atomic mass is 9.97. The molecule has 0 aliphatic carbocycles. The number of likely N-dealkylation sites (N-methyl/N-ethyl adjacent to an activating group) is 1. The van der Waals surface area contributed by atoms with E-state index in [-0.39, 0.29) is 52.1 Å². The lowest BCUT2D eigenvalue weighted by molar-refractivity contribution is -0.156. The average molecular weight is 438 g/mol. The predicted octanol–water partition coefficient (Wildman–Crippen LogP) is -0.978. The van der Waals surface area contributed by atoms with Crippen molar-refractivity contribution >= 4 is 23.0 Å². The van der Waals surface area contributed by atoms with E-state index in [0.717, 1.165) is 18.4 Å². The van der Waals surface area contributed by atoms with Gasteiger partial charge >= 0.3 is 5.97 Å². The Morgan fingerprint density at radius 2 is 1.73 bits per heavy atom. The number of nitrogens with zero attached hydrogens (tertiary/aromatic N) is 1. The van der Waals surface area contributed by atoms with Crippen LogP contribution in [0.15, 0.2) is 30.3 Å². The zero-order chi connectivity index (χ0) is 15.3. The van der Waals surface area contributed by atoms with Crippen LogP contribution in [0.4, 0.5) is 0 Å². The molecule has 0 saturated carbocycles. The molecule has 1 aromatic carbocycles. The minimum atomic E-state index is -0.593. The summed E-state index contributed by atoms with van der Waals surface area (Å²) < 4.78 is 11.4. The second kappa shape index (κ2) is 9.75. The predicted molar refractivity (Wildman–Crippen MR) is 101 cm³/mol. The molecule has 0 spiro atoms. The minimum Gasteiger partial charge on any atom is -0.462 e. The highest BCUT2D eigenvalue weighted by molar-refractivity contribution is 8.93. The fourth-order valence-corrected chi connectivity index (χ4v) is 4.04. The molecule has 3 aliphatic rings. The van der Waals surface area contributed by atoms with Gasteiger partial charge in [-0.25, -0.2) is 0 Å². The van der Waals surface area contributed by atoms with Crippen molar-refractivity contribution in [2.45, 2.75) is 49.2 Å². The van der Waals surface area contributed by atoms with Crippen LogP contribution in [0.25, 0.3) is 0 Å². The zero-order valence-corrected chi connectivity index (χ0v) is 16.2. The van der Waals surface area contributed by atoms with Gasteiger partial charge in [-0.2, -0.15) is 0 Å². The molecule has 3 heterocycles. The standard InChI is InChI=1S/C17H21NO4.BrH.3H2O/c1-18-13-7-11(8-14(18)16-15(13)22-16)21-17(20)12(9-19)10-5-3-2-4-6-10;;;;/h2-6,11-16,19H,7-9H2,1H3;1H;3*1H2/t11?,12-,13-,14+,15?,16?;;;;/m1..../s1. The average Bonchev–Trinajstić information content (AvgIpc) is 3.27. The van der Waals surface area contributed by atoms with Crippen molar-refractivity contribution in [2.75, 3.05) is 13.7 Å². The first-order valence-electron chi connectivity index (χ1n) is 7.92. The van der Waals surface area contributed by atoms with Gasteiger partial charge < -0.3 is 31.0 Å². The summed E-state index contributed by atoms with van der Waals surface area (Å²) in [5.41, 5.74) is 0.803. The number of aliphatic hydroxyl groups excluding tert-OH is 1. The summed E-state index contributed by atoms with van der Waals surface area (Å²) in [4.78, 5) is 14.8. The lowest BCUT2D eigenvalue weighted by Crippen LogP contribution is -2.48. The Balaban J connectivity index is 0.00000156. The van der Waals surface area contributed by atoms with Crippen molar-refractivity contribution in [3.63, 3.8) is 0 Å². The number of hydrogen-bond donors (Lipinski definition) is 1. The Labute approximate surface area is 162 Å². The molecule has 3 saturated heterocycles. The number of epoxide rings is 1. The van der Waals surface area contributed by atoms with E-state index in [2.05, 4.69) is 11.9 Å². The Morgan fingerprint density at radius 3 is 2.23 bits per heavy atom. The first kappa shape index (κ1) is 24.9. The molecule has 7 N–H and O–H groups in total. The van der Waals surface area contributed by atoms with Crippen molar-refractivity contribution in [2.24, 2.45) is 0 Å². The molecule has 2 bridgehead atoms. The van der Waals surface area contributed by atoms with Crippen LogP contribution in [0.3, 0.4) is 0 Å². The van der Waals surface area contributed by atoms with E-state index in [1.54, 1.807) is 0 Å². The summed E-state index contributed by atoms with van der Waals surface area (Å²) >= 11 is 0. The van der Waals surface area contributed by atoms with Crippen LogP contribution in [0.5, 0.6) is 0 Å². The highest BCUT2D eigenvalue weighted by Gasteiger charge is 2.62. The number of halogens is 1. The van der Waals surface area contributed by atoms with E-state index in [4.69, 9.17) is 9.47 Å². The van der Waals surface area contributed by atoms with Crippen LogP contribution in [0, 0.1) is 0 Å². The smallest absolute Gasteiger partial charge is 0.316 e. The number of fused-ring (bicyclic) bond motifs is 5. The molecule has 8 nitrogen and oxygen atoms in total. The van der Waals surface area contributed by atoms with E-state index in [1.165, 1.54) is 0 Å². The van der Waals surface area contributed by atoms with Crippen LogP contribution in [0.2, 0.25) is 0 Å². The first-order chi connectivity index (χ1) is 10.7. The van der Waals surface area contributed by atoms with Gasteiger partial charge in [0.25, 0.3) is 0 Å². The lowest BCUT2D eigenvalue weighted by Gasteiger charge is -2.38. The first-order valence-corrected chi connectivity index (χ1v) is 7.92. The molecule has 6 atom stereocenters. The van der Waals surface area contributed by atoms with E-state index in [0.29, 0.717) is 24.3 Å². The van der Waals surface area contributed by atoms with Crippen molar-refractivity contribution in [3.05, 3.63) is 35.9 Å². The summed E-state index contributed by atoms with van der Waals surface area (Å²) in [5, 5.41) is 9.56. The molecule has 0 amide bonds. The number of ether oxygens (including phenoxy) is 2. The maximum absolute atomic E-state index is 12.4. The van der Waals surface area contributed by atoms with Crippen LogP contribution < -0.4 is 0 Å². The number of esters is 1. The number of hydrogen-bond acceptors (Lipinski definition) is 5. The molecule has 4 rings (SSSR count). The Bertz CT molecular complexity index is 557. The van der Waals surface area contributed by atoms with Crippen molar-refractivity contribution in [3.8, 4) is 0 Å². The normalized spacial score (nSPS) is 31.7. The van der Waals surface area contributed by atoms with Gasteiger partial charge in [-0.05, 0) is 12.6 Å². The SMILES string of the molecule is Br.CN1[C@@H]2CC(OC(=O)[C@H](CO)c3ccccc3)C[C@H]1C1OC12.O.O.O. The van der Waals surface area contributed by atoms with Crippen molar-refractivity contribution in [1.82, 2.24) is 4.90 Å². The van der Waals surface area contributed by atoms with Gasteiger partial charge in [0.05, 0.1) is 6.61 Å². The van der Waals surface area contributed by atoms with Gasteiger partial charge in [0.2, 0.25) is 0 Å². The van der Waals surface area contributed by atoms with E-state index in [9.17, 15) is 9.90 Å². The van der Waals surface area contributed by atoms with Gasteiger partial charge in [0.15, 0.2) is 0 Å². The fourth-order valence-electron chi connectivity index (χ4n) is 4.04. The highest BCUT2D eigenvalue weighted by atomic mass is 79.9. The van der Waals surface area contributed by atoms with Crippen molar-refractivity contribution in [1.29, 1.82) is 0 Å². The molecule has 0 radical (unpaired) electrons. The number of carbonyl (C=O) groups excluding carboxylic acids is 1. The van der Waals surface area contributed by atoms with Crippen LogP contribution in [-0.4, -0.2) is 76.5 Å². The second-order valence-electron chi connectivity index (χ2n) is 6.54. The third-order valence-corrected chi connectivity index (χ3v) is 5.33. The van der Waals surface area contributed by atoms with Gasteiger partial charge in [-0.3, -0.25) is 9.69 Å². The minimum absolute atomic E-state index is 0. The summed E-state index contributed by atoms with van der Waals surface area (Å²) in [6, 6.07) is 10.1. The molecule has 3 fully saturated rings. The summed E-state index contributed by atoms with van der Waals surface area (Å²) in [6.45, 7) is -0.226. The fraction of sp³-hybridized carbons (Fsp3) is 0.588. The maximum Gasteiger partial charge on any atom is 0.316 e. The number of carbonyl (C=O) groups is 1. The van der Waals surface area contributed by atoms with Crippen molar-refractivity contribution < 1.29 is 35.8 Å². The van der Waals surface area contributed by atoms with E-state index < -0.39 is 5.92 Å². The molecule has 3 unspecified atom stereocenters. The largest absolute Gasteiger partial charge is 0.462 e. The monoisotopic (exact) mass is 437 g/mol. The van der Waals surface area contributed by atoms with E-state index in [1.807, 2.05) is 30.3 Å². The Morgan fingerprint density at radius 1 is 1.19 bits per heavy atom. The topological polar surface area (TPSA) is 157 Å². The maximum atomic E-state index is 12.4. The molecule has 150 valence electrons. The van der Waals surface area contributed by atoms with Crippen LogP contribution >= 0.6 is 17.0 Å². The molecule has 9 heteroatoms. The van der Waals surface area contributed by atoms with Gasteiger partial charge in [0, 0.05) is 24.9 Å². The highest BCUT2D eigenvalue weighted by Crippen LogP contribution is 2.48. The van der Waals surface area contributed by atoms with Crippen LogP contribution in [0.1, 0.15) is 24.3 Å². The number of morpholine rings is 1. The summed E-state index contributed by atoms with van der Waals surface area (Å²) in [6.07, 6.45) is 2.26. The van der Waals surface area contributed by atoms with Gasteiger partial charge in [-0.15, -0.1) is 17.0 Å². The number of piperidine rings is 1. The molecule has 3 aliphatic heterocycles. The summed E-state index contributed by atoms with van der Waals surface area (Å²) in [5.74, 6) is -0.915. The number of rotatable bonds is 4.